The van der Waals surface area contributed by atoms with Gasteiger partial charge >= 0.3 is 0 Å². The zero-order chi connectivity index (χ0) is 22.3. The molecule has 3 aromatic rings. The molecule has 10 heteroatoms. The summed E-state index contributed by atoms with van der Waals surface area (Å²) in [6.07, 6.45) is 5.37. The Morgan fingerprint density at radius 1 is 1.13 bits per heavy atom. The molecule has 1 atom stereocenters. The molecule has 0 radical (unpaired) electrons. The third-order valence-corrected chi connectivity index (χ3v) is 6.77. The van der Waals surface area contributed by atoms with Crippen LogP contribution in [0, 0.1) is 6.92 Å². The van der Waals surface area contributed by atoms with E-state index in [9.17, 15) is 13.2 Å². The molecule has 164 valence electrons. The second-order valence-electron chi connectivity index (χ2n) is 6.99. The number of hydrogen-bond donors (Lipinski definition) is 2. The van der Waals surface area contributed by atoms with Gasteiger partial charge in [0, 0.05) is 6.54 Å². The second-order valence-corrected chi connectivity index (χ2v) is 9.69. The van der Waals surface area contributed by atoms with Crippen molar-refractivity contribution in [1.29, 1.82) is 0 Å². The minimum Gasteiger partial charge on any atom is -0.351 e. The van der Waals surface area contributed by atoms with Crippen molar-refractivity contribution in [1.82, 2.24) is 24.8 Å². The Kier molecular flexibility index (Phi) is 7.83. The molecule has 0 aliphatic heterocycles. The molecule has 1 amide bonds. The predicted molar refractivity (Wildman–Crippen MR) is 121 cm³/mol. The summed E-state index contributed by atoms with van der Waals surface area (Å²) in [5.41, 5.74) is 2.71. The highest BCUT2D eigenvalue weighted by molar-refractivity contribution is 7.98. The summed E-state index contributed by atoms with van der Waals surface area (Å²) in [5.74, 6) is 0.297. The zero-order valence-corrected chi connectivity index (χ0v) is 19.0. The van der Waals surface area contributed by atoms with Crippen LogP contribution in [0.4, 0.5) is 0 Å². The van der Waals surface area contributed by atoms with Crippen molar-refractivity contribution < 1.29 is 13.2 Å². The molecule has 1 heterocycles. The van der Waals surface area contributed by atoms with Crippen molar-refractivity contribution in [2.75, 3.05) is 12.0 Å². The standard InChI is InChI=1S/C21H25N5O3S2/c1-16-3-9-19(10-4-16)31(28,29)25-20(11-12-30-2)21(27)23-13-17-5-7-18(8-6-17)26-15-22-14-24-26/h3-10,14-15,20,25H,11-13H2,1-2H3,(H,23,27). The van der Waals surface area contributed by atoms with Crippen molar-refractivity contribution in [3.8, 4) is 5.69 Å². The number of hydrogen-bond acceptors (Lipinski definition) is 6. The van der Waals surface area contributed by atoms with Gasteiger partial charge in [0.05, 0.1) is 10.6 Å². The predicted octanol–water partition coefficient (Wildman–Crippen LogP) is 2.29. The summed E-state index contributed by atoms with van der Waals surface area (Å²) in [7, 11) is -3.80. The van der Waals surface area contributed by atoms with Gasteiger partial charge in [-0.25, -0.2) is 18.1 Å². The highest BCUT2D eigenvalue weighted by Crippen LogP contribution is 2.13. The number of aromatic nitrogens is 3. The van der Waals surface area contributed by atoms with Crippen LogP contribution in [-0.2, 0) is 21.4 Å². The van der Waals surface area contributed by atoms with E-state index in [4.69, 9.17) is 0 Å². The zero-order valence-electron chi connectivity index (χ0n) is 17.4. The van der Waals surface area contributed by atoms with Crippen molar-refractivity contribution in [2.45, 2.75) is 30.8 Å². The molecule has 3 rings (SSSR count). The number of nitrogens with one attached hydrogen (secondary N) is 2. The van der Waals surface area contributed by atoms with E-state index >= 15 is 0 Å². The van der Waals surface area contributed by atoms with Crippen molar-refractivity contribution in [3.05, 3.63) is 72.3 Å². The first-order chi connectivity index (χ1) is 14.9. The summed E-state index contributed by atoms with van der Waals surface area (Å²) in [5, 5.41) is 6.91. The van der Waals surface area contributed by atoms with Gasteiger partial charge < -0.3 is 5.32 Å². The maximum absolute atomic E-state index is 12.8. The molecule has 0 spiro atoms. The van der Waals surface area contributed by atoms with E-state index in [0.29, 0.717) is 18.7 Å². The molecule has 0 saturated heterocycles. The smallest absolute Gasteiger partial charge is 0.241 e. The van der Waals surface area contributed by atoms with E-state index in [2.05, 4.69) is 20.1 Å². The highest BCUT2D eigenvalue weighted by Gasteiger charge is 2.25. The fourth-order valence-electron chi connectivity index (χ4n) is 2.87. The maximum Gasteiger partial charge on any atom is 0.241 e. The van der Waals surface area contributed by atoms with E-state index in [1.165, 1.54) is 18.5 Å². The Balaban J connectivity index is 1.64. The first kappa shape index (κ1) is 23.0. The van der Waals surface area contributed by atoms with Crippen LogP contribution in [-0.4, -0.2) is 47.1 Å². The first-order valence-electron chi connectivity index (χ1n) is 9.68. The molecule has 2 aromatic carbocycles. The van der Waals surface area contributed by atoms with Gasteiger partial charge in [0.15, 0.2) is 0 Å². The van der Waals surface area contributed by atoms with Crippen LogP contribution in [0.5, 0.6) is 0 Å². The Morgan fingerprint density at radius 2 is 1.84 bits per heavy atom. The summed E-state index contributed by atoms with van der Waals surface area (Å²) in [4.78, 5) is 16.8. The van der Waals surface area contributed by atoms with Gasteiger partial charge in [0.2, 0.25) is 15.9 Å². The largest absolute Gasteiger partial charge is 0.351 e. The number of benzene rings is 2. The Labute approximate surface area is 186 Å². The number of carbonyl (C=O) groups is 1. The average molecular weight is 460 g/mol. The van der Waals surface area contributed by atoms with Crippen LogP contribution in [0.3, 0.4) is 0 Å². The normalized spacial score (nSPS) is 12.5. The van der Waals surface area contributed by atoms with E-state index in [0.717, 1.165) is 16.8 Å². The molecule has 1 aromatic heterocycles. The quantitative estimate of drug-likeness (QED) is 0.482. The molecule has 1 unspecified atom stereocenters. The minimum atomic E-state index is -3.80. The first-order valence-corrected chi connectivity index (χ1v) is 12.6. The molecule has 31 heavy (non-hydrogen) atoms. The van der Waals surface area contributed by atoms with Gasteiger partial charge in [-0.2, -0.15) is 21.6 Å². The maximum atomic E-state index is 12.8. The number of amides is 1. The summed E-state index contributed by atoms with van der Waals surface area (Å²) < 4.78 is 29.7. The summed E-state index contributed by atoms with van der Waals surface area (Å²) in [6, 6.07) is 13.2. The minimum absolute atomic E-state index is 0.142. The number of carbonyl (C=O) groups excluding carboxylic acids is 1. The second kappa shape index (κ2) is 10.6. The molecular weight excluding hydrogens is 434 g/mol. The van der Waals surface area contributed by atoms with Gasteiger partial charge in [-0.3, -0.25) is 4.79 Å². The summed E-state index contributed by atoms with van der Waals surface area (Å²) >= 11 is 1.56. The number of aryl methyl sites for hydroxylation is 1. The van der Waals surface area contributed by atoms with E-state index < -0.39 is 16.1 Å². The average Bonchev–Trinajstić information content (AvgIpc) is 3.30. The molecular formula is C21H25N5O3S2. The highest BCUT2D eigenvalue weighted by atomic mass is 32.2. The lowest BCUT2D eigenvalue weighted by molar-refractivity contribution is -0.122. The lowest BCUT2D eigenvalue weighted by Crippen LogP contribution is -2.46. The van der Waals surface area contributed by atoms with Gasteiger partial charge in [0.25, 0.3) is 0 Å². The molecule has 0 bridgehead atoms. The topological polar surface area (TPSA) is 106 Å². The fourth-order valence-corrected chi connectivity index (χ4v) is 4.57. The van der Waals surface area contributed by atoms with Crippen LogP contribution >= 0.6 is 11.8 Å². The van der Waals surface area contributed by atoms with Gasteiger partial charge in [0.1, 0.15) is 18.7 Å². The van der Waals surface area contributed by atoms with Crippen molar-refractivity contribution >= 4 is 27.7 Å². The molecule has 0 aliphatic rings. The molecule has 0 saturated carbocycles. The van der Waals surface area contributed by atoms with E-state index in [-0.39, 0.29) is 10.8 Å². The van der Waals surface area contributed by atoms with Crippen LogP contribution in [0.15, 0.2) is 66.1 Å². The van der Waals surface area contributed by atoms with Gasteiger partial charge in [-0.15, -0.1) is 0 Å². The number of rotatable bonds is 10. The molecule has 0 aliphatic carbocycles. The lowest BCUT2D eigenvalue weighted by atomic mass is 10.2. The molecule has 0 fully saturated rings. The SMILES string of the molecule is CSCCC(NS(=O)(=O)c1ccc(C)cc1)C(=O)NCc1ccc(-n2cncn2)cc1. The van der Waals surface area contributed by atoms with E-state index in [1.807, 2.05) is 37.4 Å². The Morgan fingerprint density at radius 3 is 2.45 bits per heavy atom. The number of sulfonamides is 1. The Hall–Kier alpha value is -2.69. The van der Waals surface area contributed by atoms with Crippen LogP contribution in [0.25, 0.3) is 5.69 Å². The fraction of sp³-hybridized carbons (Fsp3) is 0.286. The molecule has 8 nitrogen and oxygen atoms in total. The monoisotopic (exact) mass is 459 g/mol. The third-order valence-electron chi connectivity index (χ3n) is 4.64. The van der Waals surface area contributed by atoms with Gasteiger partial charge in [-0.05, 0) is 55.2 Å². The van der Waals surface area contributed by atoms with Crippen LogP contribution in [0.2, 0.25) is 0 Å². The number of nitrogens with zero attached hydrogens (tertiary/aromatic N) is 3. The van der Waals surface area contributed by atoms with Crippen molar-refractivity contribution in [3.63, 3.8) is 0 Å². The Bertz CT molecular complexity index is 1080. The molecule has 2 N–H and O–H groups in total. The summed E-state index contributed by atoms with van der Waals surface area (Å²) in [6.45, 7) is 2.18. The van der Waals surface area contributed by atoms with Crippen LogP contribution in [0.1, 0.15) is 17.5 Å². The van der Waals surface area contributed by atoms with E-state index in [1.54, 1.807) is 34.9 Å². The third kappa shape index (κ3) is 6.39. The van der Waals surface area contributed by atoms with Crippen LogP contribution < -0.4 is 10.0 Å². The number of thioether (sulfide) groups is 1. The lowest BCUT2D eigenvalue weighted by Gasteiger charge is -2.18. The van der Waals surface area contributed by atoms with Crippen molar-refractivity contribution in [2.24, 2.45) is 0 Å². The van der Waals surface area contributed by atoms with Gasteiger partial charge in [-0.1, -0.05) is 29.8 Å².